The van der Waals surface area contributed by atoms with Crippen molar-refractivity contribution in [3.8, 4) is 0 Å². The molecule has 1 atom stereocenters. The number of halogens is 5. The van der Waals surface area contributed by atoms with Crippen LogP contribution in [0.25, 0.3) is 0 Å². The second-order valence-corrected chi connectivity index (χ2v) is 8.48. The third-order valence-corrected chi connectivity index (χ3v) is 8.30. The fourth-order valence-corrected chi connectivity index (χ4v) is 6.95. The summed E-state index contributed by atoms with van der Waals surface area (Å²) < 4.78 is 64.4. The van der Waals surface area contributed by atoms with Crippen LogP contribution in [0.15, 0.2) is 21.9 Å². The number of thioether (sulfide) groups is 1. The largest absolute Gasteiger partial charge is 0.341 e. The van der Waals surface area contributed by atoms with E-state index in [0.717, 1.165) is 21.9 Å². The molecule has 2 rings (SSSR count). The average Bonchev–Trinajstić information content (AvgIpc) is 2.63. The van der Waals surface area contributed by atoms with Crippen molar-refractivity contribution in [3.63, 3.8) is 0 Å². The van der Waals surface area contributed by atoms with Gasteiger partial charge in [-0.05, 0) is 20.3 Å². The molecule has 0 nitrogen and oxygen atoms in total. The molecule has 0 amide bonds. The highest BCUT2D eigenvalue weighted by molar-refractivity contribution is 8.80. The van der Waals surface area contributed by atoms with Gasteiger partial charge < -0.3 is 0 Å². The molecule has 0 fully saturated rings. The van der Waals surface area contributed by atoms with Crippen LogP contribution in [0.4, 0.5) is 22.0 Å². The Morgan fingerprint density at radius 2 is 1.84 bits per heavy atom. The van der Waals surface area contributed by atoms with Crippen LogP contribution in [0, 0.1) is 0 Å². The van der Waals surface area contributed by atoms with E-state index in [4.69, 9.17) is 0 Å². The lowest BCUT2D eigenvalue weighted by Gasteiger charge is -2.32. The van der Waals surface area contributed by atoms with Crippen LogP contribution in [0.2, 0.25) is 0 Å². The number of hydrogen-bond acceptors (Lipinski definition) is 3. The van der Waals surface area contributed by atoms with Crippen LogP contribution in [0.5, 0.6) is 0 Å². The van der Waals surface area contributed by atoms with E-state index in [-0.39, 0.29) is 6.42 Å². The second kappa shape index (κ2) is 5.18. The Labute approximate surface area is 120 Å². The normalized spacial score (nSPS) is 29.1. The average molecular weight is 334 g/mol. The summed E-state index contributed by atoms with van der Waals surface area (Å²) in [5.41, 5.74) is 2.02. The highest BCUT2D eigenvalue weighted by Gasteiger charge is 2.56. The zero-order valence-electron chi connectivity index (χ0n) is 10.1. The van der Waals surface area contributed by atoms with E-state index in [2.05, 4.69) is 0 Å². The molecule has 1 spiro atoms. The first kappa shape index (κ1) is 15.6. The molecular formula is C11H11F5S3. The van der Waals surface area contributed by atoms with E-state index in [0.29, 0.717) is 16.5 Å². The Kier molecular flexibility index (Phi) is 4.25. The minimum Gasteiger partial charge on any atom is -0.208 e. The van der Waals surface area contributed by atoms with Gasteiger partial charge in [0.15, 0.2) is 0 Å². The van der Waals surface area contributed by atoms with Gasteiger partial charge in [-0.15, -0.1) is 11.8 Å². The Morgan fingerprint density at radius 3 is 2.37 bits per heavy atom. The molecule has 0 aliphatic carbocycles. The van der Waals surface area contributed by atoms with E-state index in [1.807, 2.05) is 13.8 Å². The fourth-order valence-electron chi connectivity index (χ4n) is 1.75. The van der Waals surface area contributed by atoms with Crippen molar-refractivity contribution in [1.82, 2.24) is 0 Å². The molecule has 2 aliphatic heterocycles. The molecule has 0 aromatic heterocycles. The van der Waals surface area contributed by atoms with Gasteiger partial charge in [-0.2, -0.15) is 8.78 Å². The van der Waals surface area contributed by atoms with Crippen molar-refractivity contribution >= 4 is 33.3 Å². The van der Waals surface area contributed by atoms with Crippen molar-refractivity contribution in [1.29, 1.82) is 0 Å². The molecule has 0 N–H and O–H groups in total. The summed E-state index contributed by atoms with van der Waals surface area (Å²) in [4.78, 5) is -1.12. The van der Waals surface area contributed by atoms with E-state index in [1.54, 1.807) is 0 Å². The van der Waals surface area contributed by atoms with Crippen molar-refractivity contribution < 1.29 is 22.0 Å². The summed E-state index contributed by atoms with van der Waals surface area (Å²) in [6.45, 7) is 3.72. The van der Waals surface area contributed by atoms with Crippen molar-refractivity contribution in [2.75, 3.05) is 5.75 Å². The molecule has 0 aromatic rings. The maximum Gasteiger partial charge on any atom is 0.341 e. The molecule has 8 heteroatoms. The maximum atomic E-state index is 14.3. The molecule has 108 valence electrons. The number of alkyl halides is 4. The smallest absolute Gasteiger partial charge is 0.208 e. The standard InChI is InChI=1S/C11H11F5S3/c1-5-3-10(17-4-6(5)2)7(12)8(18-19-10)11(15,16)9(13)14/h9H,3-4H2,1-2H3. The molecule has 2 heterocycles. The van der Waals surface area contributed by atoms with Gasteiger partial charge in [0.2, 0.25) is 0 Å². The molecule has 1 unspecified atom stereocenters. The van der Waals surface area contributed by atoms with Crippen molar-refractivity contribution in [3.05, 3.63) is 21.9 Å². The van der Waals surface area contributed by atoms with Gasteiger partial charge in [-0.1, -0.05) is 32.7 Å². The third-order valence-electron chi connectivity index (χ3n) is 3.12. The topological polar surface area (TPSA) is 0 Å². The molecule has 0 radical (unpaired) electrons. The highest BCUT2D eigenvalue weighted by atomic mass is 33.1. The van der Waals surface area contributed by atoms with Crippen LogP contribution in [0.3, 0.4) is 0 Å². The Balaban J connectivity index is 2.36. The number of allylic oxidation sites excluding steroid dienone is 2. The minimum atomic E-state index is -4.41. The Morgan fingerprint density at radius 1 is 1.21 bits per heavy atom. The molecule has 19 heavy (non-hydrogen) atoms. The van der Waals surface area contributed by atoms with Crippen LogP contribution >= 0.6 is 33.3 Å². The van der Waals surface area contributed by atoms with Gasteiger partial charge in [0.25, 0.3) is 0 Å². The van der Waals surface area contributed by atoms with E-state index in [9.17, 15) is 22.0 Å². The van der Waals surface area contributed by atoms with Crippen LogP contribution in [-0.4, -0.2) is 22.2 Å². The predicted molar refractivity (Wildman–Crippen MR) is 72.4 cm³/mol. The summed E-state index contributed by atoms with van der Waals surface area (Å²) in [6.07, 6.45) is -3.61. The van der Waals surface area contributed by atoms with E-state index in [1.165, 1.54) is 11.8 Å². The summed E-state index contributed by atoms with van der Waals surface area (Å²) in [7, 11) is 1.36. The van der Waals surface area contributed by atoms with Gasteiger partial charge in [0, 0.05) is 5.75 Å². The first-order valence-electron chi connectivity index (χ1n) is 5.42. The Hall–Kier alpha value is 0.180. The molecule has 0 bridgehead atoms. The lowest BCUT2D eigenvalue weighted by atomic mass is 10.0. The lowest BCUT2D eigenvalue weighted by Crippen LogP contribution is -2.30. The van der Waals surface area contributed by atoms with E-state index < -0.39 is 27.2 Å². The summed E-state index contributed by atoms with van der Waals surface area (Å²) in [5.74, 6) is -4.97. The van der Waals surface area contributed by atoms with Crippen LogP contribution < -0.4 is 0 Å². The predicted octanol–water partition coefficient (Wildman–Crippen LogP) is 5.63. The number of rotatable bonds is 2. The van der Waals surface area contributed by atoms with Crippen molar-refractivity contribution in [2.24, 2.45) is 0 Å². The molecule has 0 saturated carbocycles. The van der Waals surface area contributed by atoms with Gasteiger partial charge in [0.05, 0.1) is 0 Å². The first-order valence-corrected chi connectivity index (χ1v) is 8.56. The molecule has 0 saturated heterocycles. The monoisotopic (exact) mass is 334 g/mol. The maximum absolute atomic E-state index is 14.3. The van der Waals surface area contributed by atoms with Crippen LogP contribution in [0.1, 0.15) is 20.3 Å². The molecule has 2 aliphatic rings. The SMILES string of the molecule is CC1=C(C)CC2(SC1)SSC(C(F)(F)C(F)F)=C2F. The lowest BCUT2D eigenvalue weighted by molar-refractivity contribution is -0.0946. The molecular weight excluding hydrogens is 323 g/mol. The third kappa shape index (κ3) is 2.55. The summed E-state index contributed by atoms with van der Waals surface area (Å²) in [5, 5.41) is 0. The fraction of sp³-hybridized carbons (Fsp3) is 0.636. The molecule has 0 aromatic carbocycles. The van der Waals surface area contributed by atoms with E-state index >= 15 is 0 Å². The quantitative estimate of drug-likeness (QED) is 0.365. The van der Waals surface area contributed by atoms with Crippen LogP contribution in [-0.2, 0) is 0 Å². The zero-order chi connectivity index (χ0) is 14.4. The van der Waals surface area contributed by atoms with Gasteiger partial charge >= 0.3 is 12.3 Å². The van der Waals surface area contributed by atoms with Gasteiger partial charge in [-0.25, -0.2) is 13.2 Å². The van der Waals surface area contributed by atoms with Gasteiger partial charge in [-0.3, -0.25) is 0 Å². The summed E-state index contributed by atoms with van der Waals surface area (Å²) >= 11 is 1.20. The second-order valence-electron chi connectivity index (χ2n) is 4.51. The number of hydrogen-bond donors (Lipinski definition) is 0. The zero-order valence-corrected chi connectivity index (χ0v) is 12.6. The van der Waals surface area contributed by atoms with Crippen molar-refractivity contribution in [2.45, 2.75) is 36.7 Å². The first-order chi connectivity index (χ1) is 8.70. The van der Waals surface area contributed by atoms with Gasteiger partial charge in [0.1, 0.15) is 14.8 Å². The summed E-state index contributed by atoms with van der Waals surface area (Å²) in [6, 6.07) is 0. The highest BCUT2D eigenvalue weighted by Crippen LogP contribution is 2.66. The Bertz CT molecular complexity index is 457. The minimum absolute atomic E-state index is 0.274.